The summed E-state index contributed by atoms with van der Waals surface area (Å²) < 4.78 is 39.2. The van der Waals surface area contributed by atoms with Crippen LogP contribution in [-0.4, -0.2) is 16.3 Å². The number of anilines is 1. The quantitative estimate of drug-likeness (QED) is 0.623. The first-order chi connectivity index (χ1) is 7.74. The number of pyridine rings is 1. The van der Waals surface area contributed by atoms with Crippen molar-refractivity contribution in [1.29, 1.82) is 5.26 Å². The number of nitrogens with two attached hydrogens (primary N) is 1. The van der Waals surface area contributed by atoms with Crippen molar-refractivity contribution in [3.8, 4) is 11.8 Å². The van der Waals surface area contributed by atoms with Crippen LogP contribution in [0.1, 0.15) is 5.69 Å². The molecule has 1 aromatic rings. The minimum absolute atomic E-state index is 0.483. The Morgan fingerprint density at radius 2 is 2.18 bits per heavy atom. The Hall–Kier alpha value is -2.57. The zero-order valence-corrected chi connectivity index (χ0v) is 7.85. The SMILES string of the molecule is N#Cc1cc(N)c(OC(F)(F)F)c([N+](=O)[O-])n1. The van der Waals surface area contributed by atoms with E-state index >= 15 is 0 Å². The molecule has 0 saturated heterocycles. The van der Waals surface area contributed by atoms with Crippen LogP contribution in [0.25, 0.3) is 0 Å². The molecule has 1 aromatic heterocycles. The smallest absolute Gasteiger partial charge is 0.395 e. The van der Waals surface area contributed by atoms with Gasteiger partial charge >= 0.3 is 12.2 Å². The van der Waals surface area contributed by atoms with Gasteiger partial charge < -0.3 is 20.6 Å². The molecule has 0 radical (unpaired) electrons. The number of hydrogen-bond acceptors (Lipinski definition) is 6. The minimum atomic E-state index is -5.14. The molecule has 0 bridgehead atoms. The van der Waals surface area contributed by atoms with E-state index in [2.05, 4.69) is 9.72 Å². The van der Waals surface area contributed by atoms with Crippen molar-refractivity contribution in [2.45, 2.75) is 6.36 Å². The summed E-state index contributed by atoms with van der Waals surface area (Å²) >= 11 is 0. The molecular formula is C7H3F3N4O3. The first kappa shape index (κ1) is 12.5. The third kappa shape index (κ3) is 2.94. The van der Waals surface area contributed by atoms with Crippen LogP contribution >= 0.6 is 0 Å². The van der Waals surface area contributed by atoms with Gasteiger partial charge in [0, 0.05) is 6.07 Å². The zero-order chi connectivity index (χ0) is 13.2. The average molecular weight is 248 g/mol. The van der Waals surface area contributed by atoms with Crippen LogP contribution in [0.15, 0.2) is 6.07 Å². The molecule has 90 valence electrons. The number of nitriles is 1. The van der Waals surface area contributed by atoms with Crippen molar-refractivity contribution in [2.24, 2.45) is 0 Å². The van der Waals surface area contributed by atoms with Crippen LogP contribution in [0.5, 0.6) is 5.75 Å². The first-order valence-corrected chi connectivity index (χ1v) is 3.85. The first-order valence-electron chi connectivity index (χ1n) is 3.85. The highest BCUT2D eigenvalue weighted by atomic mass is 19.4. The van der Waals surface area contributed by atoms with Crippen LogP contribution in [-0.2, 0) is 0 Å². The molecule has 7 nitrogen and oxygen atoms in total. The summed E-state index contributed by atoms with van der Waals surface area (Å²) in [5, 5.41) is 18.9. The van der Waals surface area contributed by atoms with Crippen molar-refractivity contribution < 1.29 is 22.8 Å². The number of ether oxygens (including phenoxy) is 1. The minimum Gasteiger partial charge on any atom is -0.395 e. The summed E-state index contributed by atoms with van der Waals surface area (Å²) in [4.78, 5) is 12.3. The predicted octanol–water partition coefficient (Wildman–Crippen LogP) is 1.34. The van der Waals surface area contributed by atoms with Crippen LogP contribution in [0.2, 0.25) is 0 Å². The van der Waals surface area contributed by atoms with Gasteiger partial charge in [-0.1, -0.05) is 0 Å². The molecule has 1 rings (SSSR count). The lowest BCUT2D eigenvalue weighted by Gasteiger charge is -2.10. The van der Waals surface area contributed by atoms with Crippen LogP contribution < -0.4 is 10.5 Å². The molecule has 0 aromatic carbocycles. The van der Waals surface area contributed by atoms with E-state index in [9.17, 15) is 23.3 Å². The van der Waals surface area contributed by atoms with Crippen LogP contribution in [0.4, 0.5) is 24.7 Å². The van der Waals surface area contributed by atoms with Gasteiger partial charge in [0.05, 0.1) is 5.69 Å². The van der Waals surface area contributed by atoms with E-state index in [0.717, 1.165) is 6.07 Å². The van der Waals surface area contributed by atoms with Gasteiger partial charge in [0.1, 0.15) is 6.07 Å². The molecular weight excluding hydrogens is 245 g/mol. The lowest BCUT2D eigenvalue weighted by molar-refractivity contribution is -0.393. The molecule has 0 saturated carbocycles. The topological polar surface area (TPSA) is 115 Å². The maximum absolute atomic E-state index is 12.0. The van der Waals surface area contributed by atoms with Gasteiger partial charge in [-0.3, -0.25) is 0 Å². The summed E-state index contributed by atoms with van der Waals surface area (Å²) in [6, 6.07) is 2.16. The Balaban J connectivity index is 3.38. The second-order valence-corrected chi connectivity index (χ2v) is 2.67. The number of nitro groups is 1. The van der Waals surface area contributed by atoms with Gasteiger partial charge in [0.15, 0.2) is 0 Å². The number of hydrogen-bond donors (Lipinski definition) is 1. The molecule has 0 amide bonds. The van der Waals surface area contributed by atoms with Gasteiger partial charge in [0.2, 0.25) is 5.75 Å². The number of rotatable bonds is 2. The number of halogens is 3. The van der Waals surface area contributed by atoms with E-state index in [1.807, 2.05) is 0 Å². The molecule has 10 heteroatoms. The van der Waals surface area contributed by atoms with Gasteiger partial charge in [-0.2, -0.15) is 5.26 Å². The van der Waals surface area contributed by atoms with E-state index in [1.54, 1.807) is 0 Å². The van der Waals surface area contributed by atoms with E-state index in [4.69, 9.17) is 11.0 Å². The number of alkyl halides is 3. The molecule has 0 unspecified atom stereocenters. The molecule has 0 fully saturated rings. The van der Waals surface area contributed by atoms with Crippen LogP contribution in [0.3, 0.4) is 0 Å². The Kier molecular flexibility index (Phi) is 3.03. The molecule has 0 aliphatic heterocycles. The summed E-state index contributed by atoms with van der Waals surface area (Å²) in [7, 11) is 0. The third-order valence-electron chi connectivity index (χ3n) is 1.49. The zero-order valence-electron chi connectivity index (χ0n) is 7.85. The fourth-order valence-corrected chi connectivity index (χ4v) is 0.940. The molecule has 1 heterocycles. The second-order valence-electron chi connectivity index (χ2n) is 2.67. The number of nitrogens with zero attached hydrogens (tertiary/aromatic N) is 3. The maximum Gasteiger partial charge on any atom is 0.573 e. The summed E-state index contributed by atoms with van der Waals surface area (Å²) in [5.41, 5.74) is 3.95. The normalized spacial score (nSPS) is 10.7. The second kappa shape index (κ2) is 4.12. The maximum atomic E-state index is 12.0. The average Bonchev–Trinajstić information content (AvgIpc) is 2.18. The van der Waals surface area contributed by atoms with E-state index < -0.39 is 34.2 Å². The van der Waals surface area contributed by atoms with Gasteiger partial charge in [-0.25, -0.2) is 0 Å². The third-order valence-corrected chi connectivity index (χ3v) is 1.49. The molecule has 0 spiro atoms. The fraction of sp³-hybridized carbons (Fsp3) is 0.143. The molecule has 0 aliphatic carbocycles. The highest BCUT2D eigenvalue weighted by Gasteiger charge is 2.37. The van der Waals surface area contributed by atoms with Crippen molar-refractivity contribution >= 4 is 11.5 Å². The highest BCUT2D eigenvalue weighted by Crippen LogP contribution is 2.35. The van der Waals surface area contributed by atoms with Crippen molar-refractivity contribution in [3.63, 3.8) is 0 Å². The monoisotopic (exact) mass is 248 g/mol. The largest absolute Gasteiger partial charge is 0.573 e. The lowest BCUT2D eigenvalue weighted by Crippen LogP contribution is -2.19. The molecule has 17 heavy (non-hydrogen) atoms. The van der Waals surface area contributed by atoms with Crippen molar-refractivity contribution in [3.05, 3.63) is 21.9 Å². The highest BCUT2D eigenvalue weighted by molar-refractivity contribution is 5.62. The summed E-state index contributed by atoms with van der Waals surface area (Å²) in [5.74, 6) is -2.50. The number of nitrogen functional groups attached to an aromatic ring is 1. The van der Waals surface area contributed by atoms with Gasteiger partial charge in [-0.15, -0.1) is 13.2 Å². The summed E-state index contributed by atoms with van der Waals surface area (Å²) in [6.07, 6.45) is -5.14. The van der Waals surface area contributed by atoms with E-state index in [-0.39, 0.29) is 0 Å². The Labute approximate surface area is 91.4 Å². The standard InChI is InChI=1S/C7H3F3N4O3/c8-7(9,10)17-5-4(12)1-3(2-11)13-6(5)14(15)16/h1H,(H2,12,13). The van der Waals surface area contributed by atoms with Gasteiger partial charge in [0.25, 0.3) is 5.69 Å². The predicted molar refractivity (Wildman–Crippen MR) is 46.7 cm³/mol. The lowest BCUT2D eigenvalue weighted by atomic mass is 10.3. The molecule has 0 atom stereocenters. The number of aromatic nitrogens is 1. The van der Waals surface area contributed by atoms with Gasteiger partial charge in [-0.05, 0) is 9.91 Å². The molecule has 2 N–H and O–H groups in total. The van der Waals surface area contributed by atoms with Crippen LogP contribution in [0, 0.1) is 21.4 Å². The Morgan fingerprint density at radius 1 is 1.59 bits per heavy atom. The Morgan fingerprint density at radius 3 is 2.59 bits per heavy atom. The Bertz CT molecular complexity index is 508. The van der Waals surface area contributed by atoms with E-state index in [0.29, 0.717) is 0 Å². The van der Waals surface area contributed by atoms with Crippen molar-refractivity contribution in [1.82, 2.24) is 4.98 Å². The molecule has 0 aliphatic rings. The van der Waals surface area contributed by atoms with E-state index in [1.165, 1.54) is 6.07 Å². The fourth-order valence-electron chi connectivity index (χ4n) is 0.940. The van der Waals surface area contributed by atoms with Crippen molar-refractivity contribution in [2.75, 3.05) is 5.73 Å². The summed E-state index contributed by atoms with van der Waals surface area (Å²) in [6.45, 7) is 0.